The zero-order valence-electron chi connectivity index (χ0n) is 8.72. The van der Waals surface area contributed by atoms with Crippen molar-refractivity contribution in [2.75, 3.05) is 5.12 Å². The van der Waals surface area contributed by atoms with Crippen LogP contribution < -0.4 is 5.12 Å². The molecule has 2 rings (SSSR count). The van der Waals surface area contributed by atoms with E-state index < -0.39 is 10.1 Å². The van der Waals surface area contributed by atoms with Crippen molar-refractivity contribution in [1.82, 2.24) is 0 Å². The lowest BCUT2D eigenvalue weighted by Crippen LogP contribution is -2.15. The van der Waals surface area contributed by atoms with E-state index in [4.69, 9.17) is 4.55 Å². The average molecular weight is 245 g/mol. The first-order valence-electron chi connectivity index (χ1n) is 4.93. The fraction of sp³-hybridized carbons (Fsp3) is 0.400. The molecule has 0 aliphatic heterocycles. The Bertz CT molecular complexity index is 511. The average Bonchev–Trinajstić information content (AvgIpc) is 2.98. The summed E-state index contributed by atoms with van der Waals surface area (Å²) in [6.45, 7) is 1.69. The molecule has 1 aromatic rings. The molecule has 0 radical (unpaired) electrons. The molecule has 88 valence electrons. The molecular formula is C10H12FNO3S. The number of benzene rings is 1. The molecule has 1 aliphatic rings. The second-order valence-electron chi connectivity index (χ2n) is 3.97. The number of hydrogen-bond donors (Lipinski definition) is 1. The molecule has 4 nitrogen and oxygen atoms in total. The summed E-state index contributed by atoms with van der Waals surface area (Å²) in [5.74, 6) is 0. The van der Waals surface area contributed by atoms with Gasteiger partial charge in [0.05, 0.1) is 16.6 Å². The van der Waals surface area contributed by atoms with Gasteiger partial charge in [-0.05, 0) is 37.5 Å². The first-order valence-corrected chi connectivity index (χ1v) is 6.37. The predicted molar refractivity (Wildman–Crippen MR) is 57.6 cm³/mol. The van der Waals surface area contributed by atoms with Gasteiger partial charge in [0.15, 0.2) is 0 Å². The molecule has 1 N–H and O–H groups in total. The molecule has 0 bridgehead atoms. The quantitative estimate of drug-likeness (QED) is 0.654. The van der Waals surface area contributed by atoms with Crippen molar-refractivity contribution in [2.45, 2.75) is 30.7 Å². The highest BCUT2D eigenvalue weighted by molar-refractivity contribution is 7.85. The molecule has 1 saturated carbocycles. The van der Waals surface area contributed by atoms with E-state index in [9.17, 15) is 12.9 Å². The highest BCUT2D eigenvalue weighted by Gasteiger charge is 2.31. The monoisotopic (exact) mass is 245 g/mol. The fourth-order valence-corrected chi connectivity index (χ4v) is 1.98. The summed E-state index contributed by atoms with van der Waals surface area (Å²) in [5.41, 5.74) is 0.847. The Kier molecular flexibility index (Phi) is 2.63. The lowest BCUT2D eigenvalue weighted by atomic mass is 10.2. The molecule has 16 heavy (non-hydrogen) atoms. The van der Waals surface area contributed by atoms with Crippen molar-refractivity contribution in [2.24, 2.45) is 0 Å². The van der Waals surface area contributed by atoms with Crippen LogP contribution >= 0.6 is 0 Å². The zero-order valence-corrected chi connectivity index (χ0v) is 9.54. The van der Waals surface area contributed by atoms with Gasteiger partial charge < -0.3 is 0 Å². The Morgan fingerprint density at radius 2 is 2.06 bits per heavy atom. The topological polar surface area (TPSA) is 57.6 Å². The Labute approximate surface area is 93.4 Å². The van der Waals surface area contributed by atoms with Crippen molar-refractivity contribution >= 4 is 15.8 Å². The van der Waals surface area contributed by atoms with Crippen LogP contribution in [0.4, 0.5) is 10.2 Å². The van der Waals surface area contributed by atoms with Gasteiger partial charge in [-0.15, -0.1) is 0 Å². The number of anilines is 1. The number of halogens is 1. The van der Waals surface area contributed by atoms with E-state index in [-0.39, 0.29) is 16.6 Å². The third kappa shape index (κ3) is 2.17. The Morgan fingerprint density at radius 3 is 2.56 bits per heavy atom. The Morgan fingerprint density at radius 1 is 1.44 bits per heavy atom. The van der Waals surface area contributed by atoms with Crippen molar-refractivity contribution in [1.29, 1.82) is 0 Å². The first kappa shape index (κ1) is 11.3. The molecule has 0 amide bonds. The molecule has 0 saturated heterocycles. The van der Waals surface area contributed by atoms with E-state index in [2.05, 4.69) is 0 Å². The van der Waals surface area contributed by atoms with E-state index in [0.29, 0.717) is 10.7 Å². The molecule has 1 fully saturated rings. The second kappa shape index (κ2) is 3.71. The summed E-state index contributed by atoms with van der Waals surface area (Å²) in [4.78, 5) is -0.281. The molecule has 6 heteroatoms. The Balaban J connectivity index is 2.43. The molecule has 1 aromatic carbocycles. The van der Waals surface area contributed by atoms with Gasteiger partial charge in [-0.1, -0.05) is 10.5 Å². The van der Waals surface area contributed by atoms with Crippen molar-refractivity contribution < 1.29 is 17.5 Å². The molecule has 1 aliphatic carbocycles. The van der Waals surface area contributed by atoms with E-state index in [1.807, 2.05) is 0 Å². The lowest BCUT2D eigenvalue weighted by molar-refractivity contribution is 0.426. The van der Waals surface area contributed by atoms with Crippen LogP contribution in [0.3, 0.4) is 0 Å². The van der Waals surface area contributed by atoms with Gasteiger partial charge in [-0.25, -0.2) is 5.12 Å². The SMILES string of the molecule is Cc1ccc(S(=O)(=O)O)cc1N(F)C1CC1. The van der Waals surface area contributed by atoms with Crippen LogP contribution in [-0.4, -0.2) is 19.0 Å². The maximum absolute atomic E-state index is 13.7. The van der Waals surface area contributed by atoms with Gasteiger partial charge in [-0.3, -0.25) is 4.55 Å². The molecule has 0 unspecified atom stereocenters. The maximum atomic E-state index is 13.7. The summed E-state index contributed by atoms with van der Waals surface area (Å²) in [6.07, 6.45) is 1.54. The van der Waals surface area contributed by atoms with Gasteiger partial charge in [0.2, 0.25) is 0 Å². The fourth-order valence-electron chi connectivity index (χ4n) is 1.48. The second-order valence-corrected chi connectivity index (χ2v) is 5.39. The minimum absolute atomic E-state index is 0.157. The summed E-state index contributed by atoms with van der Waals surface area (Å²) >= 11 is 0. The number of nitrogens with zero attached hydrogens (tertiary/aromatic N) is 1. The van der Waals surface area contributed by atoms with Crippen LogP contribution in [0.2, 0.25) is 0 Å². The van der Waals surface area contributed by atoms with Crippen LogP contribution in [-0.2, 0) is 10.1 Å². The highest BCUT2D eigenvalue weighted by atomic mass is 32.2. The third-order valence-corrected chi connectivity index (χ3v) is 3.43. The third-order valence-electron chi connectivity index (χ3n) is 2.58. The van der Waals surface area contributed by atoms with Crippen molar-refractivity contribution in [3.8, 4) is 0 Å². The van der Waals surface area contributed by atoms with Crippen LogP contribution in [0.1, 0.15) is 18.4 Å². The summed E-state index contributed by atoms with van der Waals surface area (Å²) in [5, 5.41) is 0.573. The standard InChI is InChI=1S/C10H12FNO3S/c1-7-2-5-9(16(13,14)15)6-10(7)12(11)8-3-4-8/h2,5-6,8H,3-4H2,1H3,(H,13,14,15). The van der Waals surface area contributed by atoms with Gasteiger partial charge in [0.25, 0.3) is 10.1 Å². The van der Waals surface area contributed by atoms with Crippen LogP contribution in [0.25, 0.3) is 0 Å². The van der Waals surface area contributed by atoms with E-state index in [0.717, 1.165) is 18.9 Å². The molecule has 0 atom stereocenters. The first-order chi connectivity index (χ1) is 7.39. The van der Waals surface area contributed by atoms with Gasteiger partial charge >= 0.3 is 0 Å². The smallest absolute Gasteiger partial charge is 0.282 e. The van der Waals surface area contributed by atoms with Crippen LogP contribution in [0.5, 0.6) is 0 Å². The summed E-state index contributed by atoms with van der Waals surface area (Å²) in [6, 6.07) is 3.74. The Hall–Kier alpha value is -1.14. The highest BCUT2D eigenvalue weighted by Crippen LogP contribution is 2.34. The summed E-state index contributed by atoms with van der Waals surface area (Å²) in [7, 11) is -4.27. The van der Waals surface area contributed by atoms with E-state index in [1.165, 1.54) is 12.1 Å². The van der Waals surface area contributed by atoms with Crippen LogP contribution in [0.15, 0.2) is 23.1 Å². The van der Waals surface area contributed by atoms with Gasteiger partial charge in [0.1, 0.15) is 0 Å². The molecule has 0 aromatic heterocycles. The van der Waals surface area contributed by atoms with E-state index in [1.54, 1.807) is 6.92 Å². The normalized spacial score (nSPS) is 16.2. The van der Waals surface area contributed by atoms with Gasteiger partial charge in [-0.2, -0.15) is 8.42 Å². The lowest BCUT2D eigenvalue weighted by Gasteiger charge is -2.15. The van der Waals surface area contributed by atoms with Gasteiger partial charge in [0, 0.05) is 0 Å². The summed E-state index contributed by atoms with van der Waals surface area (Å²) < 4.78 is 44.4. The van der Waals surface area contributed by atoms with Crippen LogP contribution in [0, 0.1) is 6.92 Å². The zero-order chi connectivity index (χ0) is 11.9. The maximum Gasteiger partial charge on any atom is 0.294 e. The molecule has 0 spiro atoms. The van der Waals surface area contributed by atoms with Crippen molar-refractivity contribution in [3.63, 3.8) is 0 Å². The largest absolute Gasteiger partial charge is 0.294 e. The number of rotatable bonds is 3. The minimum atomic E-state index is -4.27. The van der Waals surface area contributed by atoms with Crippen molar-refractivity contribution in [3.05, 3.63) is 23.8 Å². The number of aryl methyl sites for hydroxylation is 1. The number of hydrogen-bond acceptors (Lipinski definition) is 3. The molecular weight excluding hydrogens is 233 g/mol. The molecule has 0 heterocycles. The minimum Gasteiger partial charge on any atom is -0.282 e. The predicted octanol–water partition coefficient (Wildman–Crippen LogP) is 2.10. The van der Waals surface area contributed by atoms with E-state index >= 15 is 0 Å².